The maximum atomic E-state index is 3.65. The summed E-state index contributed by atoms with van der Waals surface area (Å²) in [6.07, 6.45) is 9.70. The molecule has 3 rings (SSSR count). The molecule has 0 amide bonds. The summed E-state index contributed by atoms with van der Waals surface area (Å²) in [5.74, 6) is 0.846. The monoisotopic (exact) mass is 229 g/mol. The van der Waals surface area contributed by atoms with Gasteiger partial charge in [-0.1, -0.05) is 43.5 Å². The lowest BCUT2D eigenvalue weighted by Crippen LogP contribution is -2.26. The molecule has 1 heteroatoms. The summed E-state index contributed by atoms with van der Waals surface area (Å²) in [5, 5.41) is 3.65. The molecule has 1 heterocycles. The molecule has 1 atom stereocenters. The lowest BCUT2D eigenvalue weighted by atomic mass is 9.91. The summed E-state index contributed by atoms with van der Waals surface area (Å²) in [6, 6.07) is 9.99. The van der Waals surface area contributed by atoms with Crippen molar-refractivity contribution < 1.29 is 0 Å². The first-order chi connectivity index (χ1) is 8.43. The largest absolute Gasteiger partial charge is 0.310 e. The van der Waals surface area contributed by atoms with Crippen LogP contribution in [0, 0.1) is 0 Å². The van der Waals surface area contributed by atoms with Crippen LogP contribution in [-0.4, -0.2) is 6.54 Å². The molecular weight excluding hydrogens is 206 g/mol. The Balaban J connectivity index is 1.77. The average Bonchev–Trinajstić information content (AvgIpc) is 2.94. The van der Waals surface area contributed by atoms with Gasteiger partial charge in [-0.3, -0.25) is 0 Å². The highest BCUT2D eigenvalue weighted by Gasteiger charge is 2.19. The van der Waals surface area contributed by atoms with Gasteiger partial charge in [0.1, 0.15) is 0 Å². The zero-order valence-electron chi connectivity index (χ0n) is 10.6. The van der Waals surface area contributed by atoms with E-state index in [4.69, 9.17) is 0 Å². The molecule has 17 heavy (non-hydrogen) atoms. The van der Waals surface area contributed by atoms with Crippen molar-refractivity contribution in [3.8, 4) is 0 Å². The van der Waals surface area contributed by atoms with Crippen molar-refractivity contribution in [2.75, 3.05) is 6.54 Å². The fourth-order valence-electron chi connectivity index (χ4n) is 3.43. The number of hydrogen-bond acceptors (Lipinski definition) is 1. The molecule has 92 valence electrons. The standard InChI is InChI=1S/C16H23N/c1-2-7-13(6-1)14-8-5-9-15(12-14)16-10-3-4-11-17-16/h5,8-9,12-13,16-17H,1-4,6-7,10-11H2. The molecule has 1 N–H and O–H groups in total. The Morgan fingerprint density at radius 2 is 1.65 bits per heavy atom. The summed E-state index contributed by atoms with van der Waals surface area (Å²) in [4.78, 5) is 0. The molecule has 0 radical (unpaired) electrons. The fourth-order valence-corrected chi connectivity index (χ4v) is 3.43. The maximum Gasteiger partial charge on any atom is 0.0320 e. The quantitative estimate of drug-likeness (QED) is 0.803. The van der Waals surface area contributed by atoms with Crippen molar-refractivity contribution in [3.63, 3.8) is 0 Å². The highest BCUT2D eigenvalue weighted by Crippen LogP contribution is 2.35. The molecule has 0 spiro atoms. The van der Waals surface area contributed by atoms with Crippen LogP contribution in [0.15, 0.2) is 24.3 Å². The summed E-state index contributed by atoms with van der Waals surface area (Å²) in [5.41, 5.74) is 3.11. The van der Waals surface area contributed by atoms with Gasteiger partial charge in [0.2, 0.25) is 0 Å². The van der Waals surface area contributed by atoms with E-state index < -0.39 is 0 Å². The third-order valence-corrected chi connectivity index (χ3v) is 4.45. The van der Waals surface area contributed by atoms with Crippen molar-refractivity contribution in [2.24, 2.45) is 0 Å². The minimum absolute atomic E-state index is 0.616. The van der Waals surface area contributed by atoms with E-state index in [9.17, 15) is 0 Å². The van der Waals surface area contributed by atoms with Crippen LogP contribution in [0.3, 0.4) is 0 Å². The highest BCUT2D eigenvalue weighted by molar-refractivity contribution is 5.29. The van der Waals surface area contributed by atoms with E-state index in [1.165, 1.54) is 57.1 Å². The van der Waals surface area contributed by atoms with Gasteiger partial charge >= 0.3 is 0 Å². The zero-order valence-corrected chi connectivity index (χ0v) is 10.6. The fraction of sp³-hybridized carbons (Fsp3) is 0.625. The molecule has 1 saturated heterocycles. The Morgan fingerprint density at radius 1 is 0.882 bits per heavy atom. The Hall–Kier alpha value is -0.820. The second kappa shape index (κ2) is 5.22. The van der Waals surface area contributed by atoms with E-state index in [0.29, 0.717) is 6.04 Å². The van der Waals surface area contributed by atoms with Crippen LogP contribution in [0.4, 0.5) is 0 Å². The van der Waals surface area contributed by atoms with Gasteiger partial charge in [0.05, 0.1) is 0 Å². The number of hydrogen-bond donors (Lipinski definition) is 1. The van der Waals surface area contributed by atoms with Crippen LogP contribution in [0.25, 0.3) is 0 Å². The van der Waals surface area contributed by atoms with Crippen LogP contribution in [0.5, 0.6) is 0 Å². The van der Waals surface area contributed by atoms with E-state index in [1.54, 1.807) is 5.56 Å². The van der Waals surface area contributed by atoms with Crippen LogP contribution in [0.2, 0.25) is 0 Å². The number of rotatable bonds is 2. The number of nitrogens with one attached hydrogen (secondary N) is 1. The van der Waals surface area contributed by atoms with Crippen LogP contribution < -0.4 is 5.32 Å². The van der Waals surface area contributed by atoms with Gasteiger partial charge in [-0.05, 0) is 49.3 Å². The lowest BCUT2D eigenvalue weighted by Gasteiger charge is -2.24. The summed E-state index contributed by atoms with van der Waals surface area (Å²) in [7, 11) is 0. The number of piperidine rings is 1. The Bertz CT molecular complexity index is 360. The zero-order chi connectivity index (χ0) is 11.5. The second-order valence-electron chi connectivity index (χ2n) is 5.65. The number of benzene rings is 1. The molecule has 0 bridgehead atoms. The molecule has 2 fully saturated rings. The van der Waals surface area contributed by atoms with Gasteiger partial charge < -0.3 is 5.32 Å². The molecule has 1 aliphatic heterocycles. The van der Waals surface area contributed by atoms with Gasteiger partial charge in [0, 0.05) is 6.04 Å². The maximum absolute atomic E-state index is 3.65. The SMILES string of the molecule is c1cc(C2CCCC2)cc(C2CCCCN2)c1. The first kappa shape index (κ1) is 11.3. The van der Waals surface area contributed by atoms with Crippen LogP contribution in [-0.2, 0) is 0 Å². The van der Waals surface area contributed by atoms with Gasteiger partial charge in [0.15, 0.2) is 0 Å². The third-order valence-electron chi connectivity index (χ3n) is 4.45. The van der Waals surface area contributed by atoms with Crippen molar-refractivity contribution in [1.82, 2.24) is 5.32 Å². The topological polar surface area (TPSA) is 12.0 Å². The molecule has 2 aliphatic rings. The van der Waals surface area contributed by atoms with Gasteiger partial charge in [0.25, 0.3) is 0 Å². The molecular formula is C16H23N. The molecule has 1 nitrogen and oxygen atoms in total. The molecule has 1 unspecified atom stereocenters. The summed E-state index contributed by atoms with van der Waals surface area (Å²) in [6.45, 7) is 1.19. The van der Waals surface area contributed by atoms with Crippen LogP contribution in [0.1, 0.15) is 68.0 Å². The van der Waals surface area contributed by atoms with Gasteiger partial charge in [-0.25, -0.2) is 0 Å². The average molecular weight is 229 g/mol. The Morgan fingerprint density at radius 3 is 2.41 bits per heavy atom. The predicted molar refractivity (Wildman–Crippen MR) is 72.2 cm³/mol. The third kappa shape index (κ3) is 2.55. The minimum Gasteiger partial charge on any atom is -0.310 e. The molecule has 1 aromatic rings. The Labute approximate surface area is 105 Å². The molecule has 1 aromatic carbocycles. The molecule has 1 saturated carbocycles. The highest BCUT2D eigenvalue weighted by atomic mass is 14.9. The van der Waals surface area contributed by atoms with Crippen molar-refractivity contribution in [1.29, 1.82) is 0 Å². The van der Waals surface area contributed by atoms with E-state index in [2.05, 4.69) is 29.6 Å². The summed E-state index contributed by atoms with van der Waals surface area (Å²) < 4.78 is 0. The smallest absolute Gasteiger partial charge is 0.0320 e. The molecule has 0 aromatic heterocycles. The van der Waals surface area contributed by atoms with E-state index in [0.717, 1.165) is 5.92 Å². The lowest BCUT2D eigenvalue weighted by molar-refractivity contribution is 0.412. The Kier molecular flexibility index (Phi) is 3.46. The minimum atomic E-state index is 0.616. The first-order valence-electron chi connectivity index (χ1n) is 7.27. The first-order valence-corrected chi connectivity index (χ1v) is 7.27. The van der Waals surface area contributed by atoms with Crippen molar-refractivity contribution in [3.05, 3.63) is 35.4 Å². The van der Waals surface area contributed by atoms with Crippen molar-refractivity contribution >= 4 is 0 Å². The van der Waals surface area contributed by atoms with E-state index in [-0.39, 0.29) is 0 Å². The summed E-state index contributed by atoms with van der Waals surface area (Å²) >= 11 is 0. The predicted octanol–water partition coefficient (Wildman–Crippen LogP) is 4.16. The normalized spacial score (nSPS) is 26.2. The van der Waals surface area contributed by atoms with Crippen LogP contribution >= 0.6 is 0 Å². The van der Waals surface area contributed by atoms with E-state index >= 15 is 0 Å². The van der Waals surface area contributed by atoms with Gasteiger partial charge in [-0.2, -0.15) is 0 Å². The van der Waals surface area contributed by atoms with Gasteiger partial charge in [-0.15, -0.1) is 0 Å². The second-order valence-corrected chi connectivity index (χ2v) is 5.65. The van der Waals surface area contributed by atoms with E-state index in [1.807, 2.05) is 0 Å². The molecule has 1 aliphatic carbocycles. The van der Waals surface area contributed by atoms with Crippen molar-refractivity contribution in [2.45, 2.75) is 56.9 Å².